The van der Waals surface area contributed by atoms with Gasteiger partial charge in [-0.1, -0.05) is 44.4 Å². The Hall–Kier alpha value is -1.51. The average molecular weight is 316 g/mol. The lowest BCUT2D eigenvalue weighted by atomic mass is 9.97. The van der Waals surface area contributed by atoms with Crippen LogP contribution in [0.25, 0.3) is 0 Å². The molecule has 0 spiro atoms. The molecule has 3 nitrogen and oxygen atoms in total. The van der Waals surface area contributed by atoms with E-state index in [0.717, 1.165) is 24.8 Å². The van der Waals surface area contributed by atoms with E-state index in [1.807, 2.05) is 0 Å². The molecule has 0 N–H and O–H groups in total. The van der Waals surface area contributed by atoms with Gasteiger partial charge in [0.15, 0.2) is 13.2 Å². The van der Waals surface area contributed by atoms with Crippen LogP contribution in [0.2, 0.25) is 0 Å². The van der Waals surface area contributed by atoms with Crippen molar-refractivity contribution in [2.45, 2.75) is 64.3 Å². The van der Waals surface area contributed by atoms with Crippen LogP contribution in [0, 0.1) is 0 Å². The first-order valence-corrected chi connectivity index (χ1v) is 9.24. The lowest BCUT2D eigenvalue weighted by Crippen LogP contribution is -2.32. The van der Waals surface area contributed by atoms with Crippen LogP contribution in [0.4, 0.5) is 0 Å². The van der Waals surface area contributed by atoms with Crippen molar-refractivity contribution >= 4 is 5.90 Å². The van der Waals surface area contributed by atoms with Crippen LogP contribution in [0.3, 0.4) is 0 Å². The van der Waals surface area contributed by atoms with Crippen LogP contribution in [0.1, 0.15) is 63.9 Å². The Bertz CT molecular complexity index is 546. The fourth-order valence-corrected chi connectivity index (χ4v) is 3.83. The van der Waals surface area contributed by atoms with E-state index in [1.54, 1.807) is 0 Å². The summed E-state index contributed by atoms with van der Waals surface area (Å²) in [5.41, 5.74) is 1.41. The van der Waals surface area contributed by atoms with Gasteiger partial charge in [-0.2, -0.15) is 4.58 Å². The van der Waals surface area contributed by atoms with E-state index < -0.39 is 0 Å². The van der Waals surface area contributed by atoms with Crippen molar-refractivity contribution in [3.63, 3.8) is 0 Å². The predicted molar refractivity (Wildman–Crippen MR) is 93.6 cm³/mol. The number of rotatable bonds is 7. The van der Waals surface area contributed by atoms with Gasteiger partial charge < -0.3 is 9.47 Å². The standard InChI is InChI=1S/C20H30NO2/c1-3-4-13-21-16(2)22-14-18(21)15-23-20-12-8-7-11-19(20)17-9-5-6-10-17/h7-8,11-12,17-18H,3-6,9-10,13-15H2,1-2H3/q+1. The molecule has 0 amide bonds. The molecule has 1 aromatic rings. The number of ether oxygens (including phenoxy) is 2. The highest BCUT2D eigenvalue weighted by molar-refractivity contribution is 5.68. The van der Waals surface area contributed by atoms with E-state index in [0.29, 0.717) is 18.6 Å². The Morgan fingerprint density at radius 2 is 2.00 bits per heavy atom. The Morgan fingerprint density at radius 3 is 2.78 bits per heavy atom. The Balaban J connectivity index is 1.64. The molecule has 1 fully saturated rings. The van der Waals surface area contributed by atoms with Crippen molar-refractivity contribution in [2.24, 2.45) is 0 Å². The van der Waals surface area contributed by atoms with Gasteiger partial charge in [0.05, 0.1) is 6.92 Å². The molecule has 1 saturated carbocycles. The highest BCUT2D eigenvalue weighted by Gasteiger charge is 2.32. The van der Waals surface area contributed by atoms with E-state index in [4.69, 9.17) is 9.47 Å². The molecule has 23 heavy (non-hydrogen) atoms. The number of nitrogens with zero attached hydrogens (tertiary/aromatic N) is 1. The molecule has 126 valence electrons. The molecular weight excluding hydrogens is 286 g/mol. The molecule has 1 atom stereocenters. The number of benzene rings is 1. The van der Waals surface area contributed by atoms with Crippen LogP contribution in [-0.2, 0) is 4.74 Å². The van der Waals surface area contributed by atoms with Gasteiger partial charge >= 0.3 is 5.90 Å². The summed E-state index contributed by atoms with van der Waals surface area (Å²) < 4.78 is 14.4. The summed E-state index contributed by atoms with van der Waals surface area (Å²) in [5.74, 6) is 2.83. The summed E-state index contributed by atoms with van der Waals surface area (Å²) >= 11 is 0. The second-order valence-electron chi connectivity index (χ2n) is 6.86. The van der Waals surface area contributed by atoms with Crippen LogP contribution >= 0.6 is 0 Å². The van der Waals surface area contributed by atoms with Crippen LogP contribution < -0.4 is 4.74 Å². The largest absolute Gasteiger partial charge is 0.486 e. The maximum absolute atomic E-state index is 6.26. The first-order chi connectivity index (χ1) is 11.3. The average Bonchev–Trinajstić information content (AvgIpc) is 3.22. The molecule has 1 heterocycles. The predicted octanol–water partition coefficient (Wildman–Crippen LogP) is 4.35. The SMILES string of the molecule is CCCC[N+]1=C(C)OCC1COc1ccccc1C1CCCC1. The van der Waals surface area contributed by atoms with Gasteiger partial charge in [-0.3, -0.25) is 0 Å². The smallest absolute Gasteiger partial charge is 0.333 e. The number of hydrogen-bond acceptors (Lipinski definition) is 2. The van der Waals surface area contributed by atoms with Crippen LogP contribution in [0.5, 0.6) is 5.75 Å². The molecule has 0 bridgehead atoms. The molecule has 1 aliphatic carbocycles. The van der Waals surface area contributed by atoms with Gasteiger partial charge in [0, 0.05) is 6.42 Å². The van der Waals surface area contributed by atoms with Crippen molar-refractivity contribution in [2.75, 3.05) is 19.8 Å². The number of unbranched alkanes of at least 4 members (excludes halogenated alkanes) is 1. The molecule has 0 radical (unpaired) electrons. The van der Waals surface area contributed by atoms with E-state index in [-0.39, 0.29) is 0 Å². The van der Waals surface area contributed by atoms with Gasteiger partial charge in [0.25, 0.3) is 0 Å². The number of hydrogen-bond donors (Lipinski definition) is 0. The minimum atomic E-state index is 0.346. The van der Waals surface area contributed by atoms with Crippen molar-refractivity contribution in [1.29, 1.82) is 0 Å². The fourth-order valence-electron chi connectivity index (χ4n) is 3.83. The van der Waals surface area contributed by atoms with Gasteiger partial charge in [-0.15, -0.1) is 0 Å². The van der Waals surface area contributed by atoms with Crippen molar-refractivity contribution in [3.8, 4) is 5.75 Å². The van der Waals surface area contributed by atoms with Gasteiger partial charge in [-0.25, -0.2) is 0 Å². The molecule has 3 heteroatoms. The third-order valence-electron chi connectivity index (χ3n) is 5.23. The lowest BCUT2D eigenvalue weighted by molar-refractivity contribution is -0.558. The molecule has 2 aliphatic rings. The second kappa shape index (κ2) is 7.85. The van der Waals surface area contributed by atoms with E-state index >= 15 is 0 Å². The molecule has 3 rings (SSSR count). The quantitative estimate of drug-likeness (QED) is 0.697. The number of para-hydroxylation sites is 1. The van der Waals surface area contributed by atoms with Gasteiger partial charge in [0.1, 0.15) is 12.3 Å². The fraction of sp³-hybridized carbons (Fsp3) is 0.650. The highest BCUT2D eigenvalue weighted by Crippen LogP contribution is 2.38. The second-order valence-corrected chi connectivity index (χ2v) is 6.86. The van der Waals surface area contributed by atoms with Crippen molar-refractivity contribution in [3.05, 3.63) is 29.8 Å². The third kappa shape index (κ3) is 3.88. The lowest BCUT2D eigenvalue weighted by Gasteiger charge is -2.17. The zero-order valence-electron chi connectivity index (χ0n) is 14.6. The monoisotopic (exact) mass is 316 g/mol. The van der Waals surface area contributed by atoms with E-state index in [9.17, 15) is 0 Å². The zero-order valence-corrected chi connectivity index (χ0v) is 14.6. The van der Waals surface area contributed by atoms with Crippen LogP contribution in [0.15, 0.2) is 24.3 Å². The normalized spacial score (nSPS) is 21.7. The van der Waals surface area contributed by atoms with Gasteiger partial charge in [0.2, 0.25) is 6.04 Å². The van der Waals surface area contributed by atoms with Gasteiger partial charge in [-0.05, 0) is 30.4 Å². The first kappa shape index (κ1) is 16.4. The maximum atomic E-state index is 6.26. The Kier molecular flexibility index (Phi) is 5.58. The summed E-state index contributed by atoms with van der Waals surface area (Å²) in [5, 5.41) is 0. The molecule has 1 aromatic carbocycles. The molecule has 1 aliphatic heterocycles. The summed E-state index contributed by atoms with van der Waals surface area (Å²) in [6.07, 6.45) is 7.74. The molecule has 1 unspecified atom stereocenters. The Morgan fingerprint density at radius 1 is 1.22 bits per heavy atom. The summed E-state index contributed by atoms with van der Waals surface area (Å²) in [6, 6.07) is 8.97. The zero-order chi connectivity index (χ0) is 16.1. The first-order valence-electron chi connectivity index (χ1n) is 9.24. The summed E-state index contributed by atoms with van der Waals surface area (Å²) in [6.45, 7) is 6.84. The van der Waals surface area contributed by atoms with Crippen molar-refractivity contribution < 1.29 is 14.0 Å². The summed E-state index contributed by atoms with van der Waals surface area (Å²) in [7, 11) is 0. The van der Waals surface area contributed by atoms with E-state index in [1.165, 1.54) is 44.1 Å². The summed E-state index contributed by atoms with van der Waals surface area (Å²) in [4.78, 5) is 0. The molecular formula is C20H30NO2+. The van der Waals surface area contributed by atoms with Crippen LogP contribution in [-0.4, -0.2) is 36.3 Å². The third-order valence-corrected chi connectivity index (χ3v) is 5.23. The minimum Gasteiger partial charge on any atom is -0.486 e. The minimum absolute atomic E-state index is 0.346. The Labute approximate surface area is 140 Å². The van der Waals surface area contributed by atoms with E-state index in [2.05, 4.69) is 42.7 Å². The van der Waals surface area contributed by atoms with Crippen molar-refractivity contribution in [1.82, 2.24) is 0 Å². The molecule has 0 saturated heterocycles. The molecule has 0 aromatic heterocycles. The topological polar surface area (TPSA) is 21.5 Å². The maximum Gasteiger partial charge on any atom is 0.333 e. The highest BCUT2D eigenvalue weighted by atomic mass is 16.5.